The molecule has 0 unspecified atom stereocenters. The fourth-order valence-electron chi connectivity index (χ4n) is 3.43. The van der Waals surface area contributed by atoms with Gasteiger partial charge in [-0.15, -0.1) is 0 Å². The second kappa shape index (κ2) is 10.1. The molecule has 1 saturated heterocycles. The molecular formula is C22H26FN3O4. The summed E-state index contributed by atoms with van der Waals surface area (Å²) >= 11 is 0. The Kier molecular flexibility index (Phi) is 7.24. The van der Waals surface area contributed by atoms with Crippen molar-refractivity contribution >= 4 is 23.2 Å². The number of piperidine rings is 1. The van der Waals surface area contributed by atoms with Gasteiger partial charge in [0.2, 0.25) is 11.8 Å². The Balaban J connectivity index is 1.46. The molecule has 2 aromatic rings. The lowest BCUT2D eigenvalue weighted by Crippen LogP contribution is -2.41. The number of ether oxygens (including phenoxy) is 2. The second-order valence-electron chi connectivity index (χ2n) is 7.16. The number of carbonyl (C=O) groups excluding carboxylic acids is 2. The Morgan fingerprint density at radius 3 is 2.37 bits per heavy atom. The molecule has 2 amide bonds. The van der Waals surface area contributed by atoms with Gasteiger partial charge in [0.05, 0.1) is 26.5 Å². The first-order chi connectivity index (χ1) is 14.5. The van der Waals surface area contributed by atoms with Crippen LogP contribution in [-0.2, 0) is 9.59 Å². The molecule has 1 heterocycles. The zero-order chi connectivity index (χ0) is 21.5. The average molecular weight is 415 g/mol. The smallest absolute Gasteiger partial charge is 0.238 e. The van der Waals surface area contributed by atoms with Gasteiger partial charge in [-0.3, -0.25) is 14.5 Å². The lowest BCUT2D eigenvalue weighted by Gasteiger charge is -2.30. The van der Waals surface area contributed by atoms with E-state index in [4.69, 9.17) is 9.47 Å². The highest BCUT2D eigenvalue weighted by molar-refractivity contribution is 5.94. The van der Waals surface area contributed by atoms with Gasteiger partial charge in [-0.1, -0.05) is 0 Å². The van der Waals surface area contributed by atoms with Crippen LogP contribution in [-0.4, -0.2) is 50.6 Å². The summed E-state index contributed by atoms with van der Waals surface area (Å²) in [5.41, 5.74) is 1.16. The molecule has 1 fully saturated rings. The predicted octanol–water partition coefficient (Wildman–Crippen LogP) is 3.13. The maximum Gasteiger partial charge on any atom is 0.238 e. The summed E-state index contributed by atoms with van der Waals surface area (Å²) in [4.78, 5) is 26.9. The van der Waals surface area contributed by atoms with E-state index in [1.165, 1.54) is 19.2 Å². The van der Waals surface area contributed by atoms with Gasteiger partial charge in [-0.25, -0.2) is 4.39 Å². The summed E-state index contributed by atoms with van der Waals surface area (Å²) < 4.78 is 23.4. The molecule has 8 heteroatoms. The fourth-order valence-corrected chi connectivity index (χ4v) is 3.43. The van der Waals surface area contributed by atoms with Crippen LogP contribution in [0.1, 0.15) is 12.8 Å². The van der Waals surface area contributed by atoms with E-state index in [1.54, 1.807) is 37.4 Å². The van der Waals surface area contributed by atoms with Crippen LogP contribution >= 0.6 is 0 Å². The number of nitrogens with one attached hydrogen (secondary N) is 2. The number of carbonyl (C=O) groups is 2. The molecule has 7 nitrogen and oxygen atoms in total. The summed E-state index contributed by atoms with van der Waals surface area (Å²) in [5.74, 6) is 0.481. The van der Waals surface area contributed by atoms with E-state index in [0.29, 0.717) is 48.8 Å². The Hall–Kier alpha value is -3.13. The van der Waals surface area contributed by atoms with Crippen LogP contribution in [0.15, 0.2) is 42.5 Å². The first-order valence-electron chi connectivity index (χ1n) is 9.79. The number of rotatable bonds is 7. The minimum atomic E-state index is -0.341. The minimum absolute atomic E-state index is 0.0753. The number of benzene rings is 2. The predicted molar refractivity (Wildman–Crippen MR) is 112 cm³/mol. The molecule has 0 atom stereocenters. The molecule has 0 aromatic heterocycles. The zero-order valence-corrected chi connectivity index (χ0v) is 17.1. The van der Waals surface area contributed by atoms with Gasteiger partial charge >= 0.3 is 0 Å². The quantitative estimate of drug-likeness (QED) is 0.726. The van der Waals surface area contributed by atoms with Crippen LogP contribution in [0.25, 0.3) is 0 Å². The molecule has 30 heavy (non-hydrogen) atoms. The Labute approximate surface area is 175 Å². The van der Waals surface area contributed by atoms with Crippen LogP contribution in [0.2, 0.25) is 0 Å². The number of nitrogens with zero attached hydrogens (tertiary/aromatic N) is 1. The lowest BCUT2D eigenvalue weighted by atomic mass is 9.96. The van der Waals surface area contributed by atoms with Gasteiger partial charge in [0.1, 0.15) is 17.3 Å². The Bertz CT molecular complexity index is 880. The number of hydrogen-bond acceptors (Lipinski definition) is 5. The summed E-state index contributed by atoms with van der Waals surface area (Å²) in [7, 11) is 3.10. The van der Waals surface area contributed by atoms with Crippen molar-refractivity contribution < 1.29 is 23.5 Å². The van der Waals surface area contributed by atoms with E-state index < -0.39 is 0 Å². The van der Waals surface area contributed by atoms with Crippen molar-refractivity contribution in [2.75, 3.05) is 44.5 Å². The number of likely N-dealkylation sites (tertiary alicyclic amines) is 1. The summed E-state index contributed by atoms with van der Waals surface area (Å²) in [5, 5.41) is 5.68. The van der Waals surface area contributed by atoms with E-state index in [1.807, 2.05) is 4.90 Å². The third kappa shape index (κ3) is 5.70. The SMILES string of the molecule is COc1ccc(NC(=O)CN2CCC(C(=O)Nc3ccc(F)cc3)CC2)c(OC)c1. The number of halogens is 1. The molecule has 2 N–H and O–H groups in total. The van der Waals surface area contributed by atoms with Crippen LogP contribution in [0.4, 0.5) is 15.8 Å². The van der Waals surface area contributed by atoms with Crippen molar-refractivity contribution in [2.24, 2.45) is 5.92 Å². The van der Waals surface area contributed by atoms with Crippen LogP contribution in [0, 0.1) is 11.7 Å². The maximum atomic E-state index is 13.0. The Morgan fingerprint density at radius 1 is 1.03 bits per heavy atom. The Morgan fingerprint density at radius 2 is 1.73 bits per heavy atom. The number of methoxy groups -OCH3 is 2. The number of anilines is 2. The first-order valence-corrected chi connectivity index (χ1v) is 9.79. The standard InChI is InChI=1S/C22H26FN3O4/c1-29-18-7-8-19(20(13-18)30-2)25-21(27)14-26-11-9-15(10-12-26)22(28)24-17-5-3-16(23)4-6-17/h3-8,13,15H,9-12,14H2,1-2H3,(H,24,28)(H,25,27). The molecule has 0 saturated carbocycles. The van der Waals surface area contributed by atoms with Gasteiger partial charge in [-0.2, -0.15) is 0 Å². The van der Waals surface area contributed by atoms with E-state index in [2.05, 4.69) is 10.6 Å². The molecule has 0 aliphatic carbocycles. The normalized spacial score (nSPS) is 14.8. The minimum Gasteiger partial charge on any atom is -0.497 e. The highest BCUT2D eigenvalue weighted by Gasteiger charge is 2.26. The summed E-state index contributed by atoms with van der Waals surface area (Å²) in [6, 6.07) is 10.9. The maximum absolute atomic E-state index is 13.0. The molecule has 1 aliphatic rings. The molecule has 1 aliphatic heterocycles. The van der Waals surface area contributed by atoms with E-state index in [-0.39, 0.29) is 30.1 Å². The average Bonchev–Trinajstić information content (AvgIpc) is 2.76. The summed E-state index contributed by atoms with van der Waals surface area (Å²) in [6.45, 7) is 1.53. The van der Waals surface area contributed by atoms with Gasteiger partial charge < -0.3 is 20.1 Å². The topological polar surface area (TPSA) is 79.9 Å². The molecular weight excluding hydrogens is 389 g/mol. The highest BCUT2D eigenvalue weighted by atomic mass is 19.1. The number of amides is 2. The molecule has 160 valence electrons. The zero-order valence-electron chi connectivity index (χ0n) is 17.1. The molecule has 0 radical (unpaired) electrons. The lowest BCUT2D eigenvalue weighted by molar-refractivity contribution is -0.121. The van der Waals surface area contributed by atoms with E-state index >= 15 is 0 Å². The second-order valence-corrected chi connectivity index (χ2v) is 7.16. The molecule has 0 bridgehead atoms. The van der Waals surface area contributed by atoms with Gasteiger partial charge in [0.25, 0.3) is 0 Å². The fraction of sp³-hybridized carbons (Fsp3) is 0.364. The van der Waals surface area contributed by atoms with Crippen molar-refractivity contribution in [1.29, 1.82) is 0 Å². The number of hydrogen-bond donors (Lipinski definition) is 2. The monoisotopic (exact) mass is 415 g/mol. The largest absolute Gasteiger partial charge is 0.497 e. The van der Waals surface area contributed by atoms with Gasteiger partial charge in [0.15, 0.2) is 0 Å². The van der Waals surface area contributed by atoms with Crippen LogP contribution < -0.4 is 20.1 Å². The van der Waals surface area contributed by atoms with Crippen molar-refractivity contribution in [3.8, 4) is 11.5 Å². The van der Waals surface area contributed by atoms with Crippen molar-refractivity contribution in [3.63, 3.8) is 0 Å². The van der Waals surface area contributed by atoms with Crippen LogP contribution in [0.5, 0.6) is 11.5 Å². The van der Waals surface area contributed by atoms with E-state index in [0.717, 1.165) is 0 Å². The highest BCUT2D eigenvalue weighted by Crippen LogP contribution is 2.29. The first kappa shape index (κ1) is 21.6. The third-order valence-electron chi connectivity index (χ3n) is 5.12. The van der Waals surface area contributed by atoms with Crippen molar-refractivity contribution in [2.45, 2.75) is 12.8 Å². The van der Waals surface area contributed by atoms with Crippen LogP contribution in [0.3, 0.4) is 0 Å². The third-order valence-corrected chi connectivity index (χ3v) is 5.12. The molecule has 2 aromatic carbocycles. The molecule has 0 spiro atoms. The van der Waals surface area contributed by atoms with Gasteiger partial charge in [-0.05, 0) is 62.3 Å². The van der Waals surface area contributed by atoms with Gasteiger partial charge in [0, 0.05) is 17.7 Å². The summed E-state index contributed by atoms with van der Waals surface area (Å²) in [6.07, 6.45) is 1.32. The van der Waals surface area contributed by atoms with Crippen molar-refractivity contribution in [3.05, 3.63) is 48.3 Å². The van der Waals surface area contributed by atoms with Crippen molar-refractivity contribution in [1.82, 2.24) is 4.90 Å². The molecule has 3 rings (SSSR count). The van der Waals surface area contributed by atoms with E-state index in [9.17, 15) is 14.0 Å².